The van der Waals surface area contributed by atoms with Crippen LogP contribution in [-0.4, -0.2) is 17.6 Å². The second kappa shape index (κ2) is 7.21. The number of aromatic nitrogens is 1. The van der Waals surface area contributed by atoms with E-state index in [0.717, 1.165) is 11.1 Å². The van der Waals surface area contributed by atoms with Gasteiger partial charge >= 0.3 is 5.97 Å². The predicted octanol–water partition coefficient (Wildman–Crippen LogP) is 4.49. The highest BCUT2D eigenvalue weighted by atomic mass is 16.5. The molecule has 1 fully saturated rings. The van der Waals surface area contributed by atoms with Crippen molar-refractivity contribution in [2.24, 2.45) is 5.92 Å². The van der Waals surface area contributed by atoms with Gasteiger partial charge in [0.15, 0.2) is 0 Å². The Balaban J connectivity index is 1.72. The van der Waals surface area contributed by atoms with E-state index in [2.05, 4.69) is 4.98 Å². The largest absolute Gasteiger partial charge is 0.462 e. The van der Waals surface area contributed by atoms with E-state index in [-0.39, 0.29) is 5.97 Å². The Morgan fingerprint density at radius 2 is 1.86 bits per heavy atom. The second-order valence-electron chi connectivity index (χ2n) is 5.89. The van der Waals surface area contributed by atoms with Crippen molar-refractivity contribution >= 4 is 5.97 Å². The van der Waals surface area contributed by atoms with Crippen LogP contribution in [0, 0.1) is 5.92 Å². The molecule has 1 heterocycles. The standard InChI is InChI=1S/C19H21NO2/c21-19(22-14-15-7-3-1-4-8-15)18-13-20-12-11-17(18)16-9-5-2-6-10-16/h2,5-6,9-13,15H,1,3-4,7-8,14H2. The fraction of sp³-hybridized carbons (Fsp3) is 0.368. The van der Waals surface area contributed by atoms with E-state index in [0.29, 0.717) is 18.1 Å². The summed E-state index contributed by atoms with van der Waals surface area (Å²) in [5, 5.41) is 0. The molecule has 3 heteroatoms. The molecular formula is C19H21NO2. The lowest BCUT2D eigenvalue weighted by molar-refractivity contribution is 0.0410. The molecular weight excluding hydrogens is 274 g/mol. The number of ether oxygens (including phenoxy) is 1. The van der Waals surface area contributed by atoms with Crippen LogP contribution in [0.4, 0.5) is 0 Å². The Kier molecular flexibility index (Phi) is 4.84. The molecule has 1 aliphatic carbocycles. The lowest BCUT2D eigenvalue weighted by Crippen LogP contribution is -2.17. The van der Waals surface area contributed by atoms with Crippen molar-refractivity contribution in [3.8, 4) is 11.1 Å². The van der Waals surface area contributed by atoms with Crippen LogP contribution in [0.15, 0.2) is 48.8 Å². The zero-order valence-electron chi connectivity index (χ0n) is 12.7. The fourth-order valence-corrected chi connectivity index (χ4v) is 3.05. The van der Waals surface area contributed by atoms with Crippen molar-refractivity contribution in [3.63, 3.8) is 0 Å². The van der Waals surface area contributed by atoms with Gasteiger partial charge in [-0.15, -0.1) is 0 Å². The molecule has 0 atom stereocenters. The molecule has 1 aliphatic rings. The summed E-state index contributed by atoms with van der Waals surface area (Å²) in [4.78, 5) is 16.5. The summed E-state index contributed by atoms with van der Waals surface area (Å²) >= 11 is 0. The first kappa shape index (κ1) is 14.8. The van der Waals surface area contributed by atoms with Crippen LogP contribution < -0.4 is 0 Å². The Labute approximate surface area is 131 Å². The molecule has 0 spiro atoms. The average Bonchev–Trinajstić information content (AvgIpc) is 2.61. The van der Waals surface area contributed by atoms with Crippen LogP contribution in [0.5, 0.6) is 0 Å². The van der Waals surface area contributed by atoms with E-state index < -0.39 is 0 Å². The van der Waals surface area contributed by atoms with Gasteiger partial charge < -0.3 is 4.74 Å². The molecule has 1 aromatic carbocycles. The smallest absolute Gasteiger partial charge is 0.340 e. The Bertz CT molecular complexity index is 618. The molecule has 1 saturated carbocycles. The highest BCUT2D eigenvalue weighted by Gasteiger charge is 2.18. The van der Waals surface area contributed by atoms with Gasteiger partial charge in [0, 0.05) is 12.4 Å². The molecule has 0 saturated heterocycles. The summed E-state index contributed by atoms with van der Waals surface area (Å²) in [5.74, 6) is 0.257. The number of esters is 1. The van der Waals surface area contributed by atoms with Gasteiger partial charge in [0.25, 0.3) is 0 Å². The molecule has 114 valence electrons. The van der Waals surface area contributed by atoms with Crippen molar-refractivity contribution in [2.75, 3.05) is 6.61 Å². The summed E-state index contributed by atoms with van der Waals surface area (Å²) in [6.45, 7) is 0.530. The Morgan fingerprint density at radius 1 is 1.09 bits per heavy atom. The van der Waals surface area contributed by atoms with Gasteiger partial charge in [0.2, 0.25) is 0 Å². The van der Waals surface area contributed by atoms with E-state index in [1.54, 1.807) is 12.4 Å². The topological polar surface area (TPSA) is 39.2 Å². The summed E-state index contributed by atoms with van der Waals surface area (Å²) in [7, 11) is 0. The Hall–Kier alpha value is -2.16. The normalized spacial score (nSPS) is 15.5. The highest BCUT2D eigenvalue weighted by molar-refractivity contribution is 5.96. The van der Waals surface area contributed by atoms with Gasteiger partial charge in [-0.3, -0.25) is 4.98 Å². The van der Waals surface area contributed by atoms with Gasteiger partial charge in [-0.1, -0.05) is 49.6 Å². The molecule has 0 unspecified atom stereocenters. The summed E-state index contributed by atoms with van der Waals surface area (Å²) in [6, 6.07) is 11.7. The third-order valence-electron chi connectivity index (χ3n) is 4.30. The average molecular weight is 295 g/mol. The van der Waals surface area contributed by atoms with E-state index in [1.807, 2.05) is 36.4 Å². The van der Waals surface area contributed by atoms with Crippen molar-refractivity contribution in [3.05, 3.63) is 54.4 Å². The van der Waals surface area contributed by atoms with Gasteiger partial charge in [0.05, 0.1) is 12.2 Å². The lowest BCUT2D eigenvalue weighted by Gasteiger charge is -2.21. The van der Waals surface area contributed by atoms with Crippen LogP contribution in [0.3, 0.4) is 0 Å². The van der Waals surface area contributed by atoms with Crippen molar-refractivity contribution in [1.29, 1.82) is 0 Å². The molecule has 0 radical (unpaired) electrons. The first-order chi connectivity index (χ1) is 10.8. The van der Waals surface area contributed by atoms with Gasteiger partial charge in [-0.2, -0.15) is 0 Å². The molecule has 0 bridgehead atoms. The molecule has 22 heavy (non-hydrogen) atoms. The molecule has 0 N–H and O–H groups in total. The maximum atomic E-state index is 12.4. The molecule has 3 rings (SSSR count). The molecule has 3 nitrogen and oxygen atoms in total. The first-order valence-corrected chi connectivity index (χ1v) is 8.01. The van der Waals surface area contributed by atoms with Gasteiger partial charge in [-0.25, -0.2) is 4.79 Å². The van der Waals surface area contributed by atoms with Gasteiger partial charge in [-0.05, 0) is 36.0 Å². The minimum atomic E-state index is -0.266. The SMILES string of the molecule is O=C(OCC1CCCCC1)c1cnccc1-c1ccccc1. The maximum absolute atomic E-state index is 12.4. The fourth-order valence-electron chi connectivity index (χ4n) is 3.05. The monoisotopic (exact) mass is 295 g/mol. The third-order valence-corrected chi connectivity index (χ3v) is 4.30. The number of hydrogen-bond acceptors (Lipinski definition) is 3. The van der Waals surface area contributed by atoms with E-state index in [9.17, 15) is 4.79 Å². The van der Waals surface area contributed by atoms with Crippen LogP contribution in [-0.2, 0) is 4.74 Å². The maximum Gasteiger partial charge on any atom is 0.340 e. The molecule has 0 amide bonds. The van der Waals surface area contributed by atoms with Crippen LogP contribution in [0.25, 0.3) is 11.1 Å². The molecule has 2 aromatic rings. The van der Waals surface area contributed by atoms with E-state index in [1.165, 1.54) is 32.1 Å². The second-order valence-corrected chi connectivity index (χ2v) is 5.89. The minimum absolute atomic E-state index is 0.266. The van der Waals surface area contributed by atoms with Crippen LogP contribution >= 0.6 is 0 Å². The third kappa shape index (κ3) is 3.53. The zero-order chi connectivity index (χ0) is 15.2. The highest BCUT2D eigenvalue weighted by Crippen LogP contribution is 2.26. The summed E-state index contributed by atoms with van der Waals surface area (Å²) in [6.07, 6.45) is 9.48. The van der Waals surface area contributed by atoms with Crippen molar-refractivity contribution in [2.45, 2.75) is 32.1 Å². The number of pyridine rings is 1. The summed E-state index contributed by atoms with van der Waals surface area (Å²) < 4.78 is 5.55. The number of hydrogen-bond donors (Lipinski definition) is 0. The van der Waals surface area contributed by atoms with Crippen molar-refractivity contribution in [1.82, 2.24) is 4.98 Å². The zero-order valence-corrected chi connectivity index (χ0v) is 12.7. The predicted molar refractivity (Wildman–Crippen MR) is 86.5 cm³/mol. The minimum Gasteiger partial charge on any atom is -0.462 e. The van der Waals surface area contributed by atoms with Crippen LogP contribution in [0.1, 0.15) is 42.5 Å². The van der Waals surface area contributed by atoms with Crippen LogP contribution in [0.2, 0.25) is 0 Å². The number of carbonyl (C=O) groups excluding carboxylic acids is 1. The Morgan fingerprint density at radius 3 is 2.64 bits per heavy atom. The molecule has 0 aliphatic heterocycles. The van der Waals surface area contributed by atoms with Crippen molar-refractivity contribution < 1.29 is 9.53 Å². The number of carbonyl (C=O) groups is 1. The quantitative estimate of drug-likeness (QED) is 0.780. The summed E-state index contributed by atoms with van der Waals surface area (Å²) in [5.41, 5.74) is 2.43. The number of benzene rings is 1. The number of nitrogens with zero attached hydrogens (tertiary/aromatic N) is 1. The van der Waals surface area contributed by atoms with Gasteiger partial charge in [0.1, 0.15) is 0 Å². The lowest BCUT2D eigenvalue weighted by atomic mass is 9.90. The van der Waals surface area contributed by atoms with E-state index in [4.69, 9.17) is 4.74 Å². The van der Waals surface area contributed by atoms with E-state index >= 15 is 0 Å². The first-order valence-electron chi connectivity index (χ1n) is 8.01. The molecule has 1 aromatic heterocycles. The number of rotatable bonds is 4.